The van der Waals surface area contributed by atoms with Gasteiger partial charge in [0, 0.05) is 5.02 Å². The number of halogens is 1. The summed E-state index contributed by atoms with van der Waals surface area (Å²) in [4.78, 5) is 11.9. The summed E-state index contributed by atoms with van der Waals surface area (Å²) < 4.78 is 0. The van der Waals surface area contributed by atoms with Crippen molar-refractivity contribution in [1.82, 2.24) is 5.32 Å². The normalized spacial score (nSPS) is 13.8. The Morgan fingerprint density at radius 3 is 2.56 bits per heavy atom. The molecule has 96 valence electrons. The predicted molar refractivity (Wildman–Crippen MR) is 72.0 cm³/mol. The van der Waals surface area contributed by atoms with Gasteiger partial charge in [0.15, 0.2) is 0 Å². The fourth-order valence-corrected chi connectivity index (χ4v) is 1.87. The highest BCUT2D eigenvalue weighted by Crippen LogP contribution is 2.18. The average molecular weight is 265 g/mol. The Hall–Kier alpha value is -1.53. The molecule has 0 aromatic heterocycles. The van der Waals surface area contributed by atoms with Gasteiger partial charge >= 0.3 is 0 Å². The van der Waals surface area contributed by atoms with E-state index in [4.69, 9.17) is 16.9 Å². The van der Waals surface area contributed by atoms with Crippen LogP contribution in [0.4, 0.5) is 0 Å². The fraction of sp³-hybridized carbons (Fsp3) is 0.429. The number of hydrogen-bond donors (Lipinski definition) is 1. The van der Waals surface area contributed by atoms with E-state index in [0.717, 1.165) is 5.56 Å². The van der Waals surface area contributed by atoms with Gasteiger partial charge in [0.25, 0.3) is 0 Å². The molecule has 4 heteroatoms. The van der Waals surface area contributed by atoms with Gasteiger partial charge in [0.1, 0.15) is 5.92 Å². The maximum atomic E-state index is 11.9. The molecule has 0 saturated heterocycles. The third-order valence-electron chi connectivity index (χ3n) is 2.80. The van der Waals surface area contributed by atoms with Crippen LogP contribution in [-0.2, 0) is 4.79 Å². The summed E-state index contributed by atoms with van der Waals surface area (Å²) in [6.45, 7) is 5.59. The van der Waals surface area contributed by atoms with Gasteiger partial charge in [-0.15, -0.1) is 0 Å². The number of nitriles is 1. The molecule has 0 aliphatic rings. The highest BCUT2D eigenvalue weighted by atomic mass is 35.5. The zero-order chi connectivity index (χ0) is 13.7. The highest BCUT2D eigenvalue weighted by Gasteiger charge is 2.23. The molecule has 1 rings (SSSR count). The summed E-state index contributed by atoms with van der Waals surface area (Å²) in [6.07, 6.45) is 0. The minimum absolute atomic E-state index is 0.00145. The molecule has 0 radical (unpaired) electrons. The first-order valence-electron chi connectivity index (χ1n) is 5.91. The minimum Gasteiger partial charge on any atom is -0.348 e. The Morgan fingerprint density at radius 1 is 1.39 bits per heavy atom. The molecule has 0 bridgehead atoms. The molecular formula is C14H17ClN2O. The van der Waals surface area contributed by atoms with E-state index in [1.807, 2.05) is 45.0 Å². The second-order valence-corrected chi connectivity index (χ2v) is 5.07. The van der Waals surface area contributed by atoms with Crippen LogP contribution in [0.1, 0.15) is 32.4 Å². The zero-order valence-electron chi connectivity index (χ0n) is 10.8. The number of nitrogens with one attached hydrogen (secondary N) is 1. The van der Waals surface area contributed by atoms with Gasteiger partial charge < -0.3 is 5.32 Å². The van der Waals surface area contributed by atoms with Crippen molar-refractivity contribution in [3.05, 3.63) is 34.9 Å². The van der Waals surface area contributed by atoms with Crippen molar-refractivity contribution < 1.29 is 4.79 Å². The Balaban J connectivity index is 2.74. The maximum absolute atomic E-state index is 11.9. The van der Waals surface area contributed by atoms with Gasteiger partial charge in [-0.3, -0.25) is 4.79 Å². The van der Waals surface area contributed by atoms with Crippen LogP contribution < -0.4 is 5.32 Å². The smallest absolute Gasteiger partial charge is 0.238 e. The Bertz CT molecular complexity index is 465. The number of hydrogen-bond acceptors (Lipinski definition) is 2. The predicted octanol–water partition coefficient (Wildman–Crippen LogP) is 3.31. The molecule has 2 atom stereocenters. The van der Waals surface area contributed by atoms with Gasteiger partial charge in [0.2, 0.25) is 5.91 Å². The van der Waals surface area contributed by atoms with Crippen molar-refractivity contribution in [2.45, 2.75) is 26.8 Å². The Morgan fingerprint density at radius 2 is 2.06 bits per heavy atom. The third-order valence-corrected chi connectivity index (χ3v) is 3.03. The number of rotatable bonds is 4. The molecule has 0 fully saturated rings. The lowest BCUT2D eigenvalue weighted by Crippen LogP contribution is -2.34. The van der Waals surface area contributed by atoms with E-state index in [1.165, 1.54) is 0 Å². The summed E-state index contributed by atoms with van der Waals surface area (Å²) in [5, 5.41) is 12.4. The van der Waals surface area contributed by atoms with Gasteiger partial charge in [-0.2, -0.15) is 5.26 Å². The van der Waals surface area contributed by atoms with Crippen molar-refractivity contribution in [3.8, 4) is 6.07 Å². The molecule has 2 unspecified atom stereocenters. The third kappa shape index (κ3) is 3.75. The molecule has 0 aliphatic heterocycles. The first kappa shape index (κ1) is 14.5. The van der Waals surface area contributed by atoms with Crippen LogP contribution in [0.25, 0.3) is 0 Å². The van der Waals surface area contributed by atoms with Gasteiger partial charge in [-0.1, -0.05) is 37.6 Å². The summed E-state index contributed by atoms with van der Waals surface area (Å²) >= 11 is 5.90. The summed E-state index contributed by atoms with van der Waals surface area (Å²) in [5.41, 5.74) is 0.927. The molecule has 0 spiro atoms. The Kier molecular flexibility index (Phi) is 5.18. The van der Waals surface area contributed by atoms with Crippen LogP contribution in [0, 0.1) is 23.2 Å². The largest absolute Gasteiger partial charge is 0.348 e. The van der Waals surface area contributed by atoms with E-state index in [-0.39, 0.29) is 17.9 Å². The van der Waals surface area contributed by atoms with E-state index in [0.29, 0.717) is 5.02 Å². The highest BCUT2D eigenvalue weighted by molar-refractivity contribution is 6.30. The number of amides is 1. The number of carbonyl (C=O) groups excluding carboxylic acids is 1. The van der Waals surface area contributed by atoms with Gasteiger partial charge in [-0.05, 0) is 30.5 Å². The van der Waals surface area contributed by atoms with E-state index in [9.17, 15) is 4.79 Å². The molecule has 0 aliphatic carbocycles. The van der Waals surface area contributed by atoms with Crippen molar-refractivity contribution in [1.29, 1.82) is 5.26 Å². The van der Waals surface area contributed by atoms with E-state index in [1.54, 1.807) is 6.07 Å². The van der Waals surface area contributed by atoms with Gasteiger partial charge in [0.05, 0.1) is 12.1 Å². The molecule has 1 aromatic carbocycles. The van der Waals surface area contributed by atoms with E-state index >= 15 is 0 Å². The number of nitrogens with zero attached hydrogens (tertiary/aromatic N) is 1. The van der Waals surface area contributed by atoms with Crippen LogP contribution in [0.2, 0.25) is 5.02 Å². The van der Waals surface area contributed by atoms with Crippen LogP contribution in [-0.4, -0.2) is 5.91 Å². The van der Waals surface area contributed by atoms with Crippen LogP contribution >= 0.6 is 11.6 Å². The second-order valence-electron chi connectivity index (χ2n) is 4.64. The maximum Gasteiger partial charge on any atom is 0.238 e. The second kappa shape index (κ2) is 6.42. The molecule has 3 nitrogen and oxygen atoms in total. The van der Waals surface area contributed by atoms with Crippen molar-refractivity contribution in [2.75, 3.05) is 0 Å². The minimum atomic E-state index is -0.619. The summed E-state index contributed by atoms with van der Waals surface area (Å²) in [5.74, 6) is -0.854. The van der Waals surface area contributed by atoms with Crippen LogP contribution in [0.5, 0.6) is 0 Å². The van der Waals surface area contributed by atoms with Crippen molar-refractivity contribution in [2.24, 2.45) is 11.8 Å². The Labute approximate surface area is 113 Å². The average Bonchev–Trinajstić information content (AvgIpc) is 2.29. The SMILES string of the molecule is CC(NC(=O)C(C#N)C(C)C)c1cccc(Cl)c1. The molecular weight excluding hydrogens is 248 g/mol. The summed E-state index contributed by atoms with van der Waals surface area (Å²) in [7, 11) is 0. The molecule has 1 aromatic rings. The summed E-state index contributed by atoms with van der Waals surface area (Å²) in [6, 6.07) is 9.20. The van der Waals surface area contributed by atoms with Crippen LogP contribution in [0.3, 0.4) is 0 Å². The lowest BCUT2D eigenvalue weighted by molar-refractivity contribution is -0.125. The lowest BCUT2D eigenvalue weighted by Gasteiger charge is -2.18. The molecule has 18 heavy (non-hydrogen) atoms. The zero-order valence-corrected chi connectivity index (χ0v) is 11.5. The lowest BCUT2D eigenvalue weighted by atomic mass is 9.96. The first-order valence-corrected chi connectivity index (χ1v) is 6.29. The van der Waals surface area contributed by atoms with Crippen molar-refractivity contribution in [3.63, 3.8) is 0 Å². The van der Waals surface area contributed by atoms with Crippen LogP contribution in [0.15, 0.2) is 24.3 Å². The monoisotopic (exact) mass is 264 g/mol. The number of benzene rings is 1. The fourth-order valence-electron chi connectivity index (χ4n) is 1.67. The van der Waals surface area contributed by atoms with Gasteiger partial charge in [-0.25, -0.2) is 0 Å². The molecule has 0 saturated carbocycles. The van der Waals surface area contributed by atoms with E-state index in [2.05, 4.69) is 5.32 Å². The first-order chi connectivity index (χ1) is 8.45. The quantitative estimate of drug-likeness (QED) is 0.907. The van der Waals surface area contributed by atoms with E-state index < -0.39 is 5.92 Å². The number of carbonyl (C=O) groups is 1. The molecule has 1 N–H and O–H groups in total. The molecule has 0 heterocycles. The molecule has 1 amide bonds. The topological polar surface area (TPSA) is 52.9 Å². The standard InChI is InChI=1S/C14H17ClN2O/c1-9(2)13(8-16)14(18)17-10(3)11-5-4-6-12(15)7-11/h4-7,9-10,13H,1-3H3,(H,17,18). The van der Waals surface area contributed by atoms with Crippen molar-refractivity contribution >= 4 is 17.5 Å².